The van der Waals surface area contributed by atoms with Gasteiger partial charge in [-0.2, -0.15) is 0 Å². The van der Waals surface area contributed by atoms with E-state index >= 15 is 0 Å². The van der Waals surface area contributed by atoms with Gasteiger partial charge in [0.1, 0.15) is 0 Å². The Hall–Kier alpha value is -2.46. The maximum absolute atomic E-state index is 10.6. The molecule has 0 saturated carbocycles. The second kappa shape index (κ2) is 5.50. The van der Waals surface area contributed by atoms with Crippen LogP contribution < -0.4 is 5.73 Å². The standard InChI is InChI=1S/C17H17N3O/c1-11-8-14(13-4-2-3-5-16(13)20-11)17(21)9-12-10-19-7-6-15(12)18/h2-8,10,17,21H,9H2,1H3,(H2,18,19). The number of aliphatic hydroxyl groups is 1. The van der Waals surface area contributed by atoms with E-state index in [0.29, 0.717) is 12.1 Å². The number of hydrogen-bond acceptors (Lipinski definition) is 4. The minimum atomic E-state index is -0.636. The Labute approximate surface area is 123 Å². The molecular formula is C17H17N3O. The maximum atomic E-state index is 10.6. The zero-order valence-corrected chi connectivity index (χ0v) is 11.8. The zero-order chi connectivity index (χ0) is 14.8. The molecule has 0 aliphatic carbocycles. The van der Waals surface area contributed by atoms with Gasteiger partial charge in [0.15, 0.2) is 0 Å². The highest BCUT2D eigenvalue weighted by Gasteiger charge is 2.14. The van der Waals surface area contributed by atoms with Gasteiger partial charge in [-0.1, -0.05) is 18.2 Å². The summed E-state index contributed by atoms with van der Waals surface area (Å²) in [5, 5.41) is 11.6. The fourth-order valence-corrected chi connectivity index (χ4v) is 2.54. The Morgan fingerprint density at radius 2 is 2.05 bits per heavy atom. The van der Waals surface area contributed by atoms with Crippen molar-refractivity contribution in [2.24, 2.45) is 0 Å². The van der Waals surface area contributed by atoms with Gasteiger partial charge in [0.2, 0.25) is 0 Å². The van der Waals surface area contributed by atoms with Crippen molar-refractivity contribution in [3.8, 4) is 0 Å². The lowest BCUT2D eigenvalue weighted by Crippen LogP contribution is -2.06. The Bertz CT molecular complexity index is 786. The number of rotatable bonds is 3. The van der Waals surface area contributed by atoms with Gasteiger partial charge in [-0.05, 0) is 36.2 Å². The number of para-hydroxylation sites is 1. The summed E-state index contributed by atoms with van der Waals surface area (Å²) in [6.45, 7) is 1.93. The monoisotopic (exact) mass is 279 g/mol. The molecule has 0 aliphatic heterocycles. The normalized spacial score (nSPS) is 12.5. The van der Waals surface area contributed by atoms with Crippen LogP contribution in [0.25, 0.3) is 10.9 Å². The van der Waals surface area contributed by atoms with E-state index in [1.165, 1.54) is 0 Å². The molecule has 3 rings (SSSR count). The Kier molecular flexibility index (Phi) is 3.54. The first-order valence-electron chi connectivity index (χ1n) is 6.88. The van der Waals surface area contributed by atoms with E-state index in [2.05, 4.69) is 9.97 Å². The second-order valence-corrected chi connectivity index (χ2v) is 5.16. The lowest BCUT2D eigenvalue weighted by atomic mass is 9.97. The first-order chi connectivity index (χ1) is 10.1. The topological polar surface area (TPSA) is 72.0 Å². The molecule has 21 heavy (non-hydrogen) atoms. The van der Waals surface area contributed by atoms with Gasteiger partial charge >= 0.3 is 0 Å². The van der Waals surface area contributed by atoms with Gasteiger partial charge in [0.05, 0.1) is 11.6 Å². The van der Waals surface area contributed by atoms with Crippen LogP contribution in [0.1, 0.15) is 22.9 Å². The summed E-state index contributed by atoms with van der Waals surface area (Å²) in [5.74, 6) is 0. The van der Waals surface area contributed by atoms with Crippen molar-refractivity contribution in [3.63, 3.8) is 0 Å². The van der Waals surface area contributed by atoms with Crippen molar-refractivity contribution in [1.29, 1.82) is 0 Å². The molecule has 0 aliphatic rings. The first kappa shape index (κ1) is 13.5. The van der Waals surface area contributed by atoms with Gasteiger partial charge in [0, 0.05) is 35.6 Å². The summed E-state index contributed by atoms with van der Waals surface area (Å²) in [6.07, 6.45) is 3.15. The molecule has 1 atom stereocenters. The SMILES string of the molecule is Cc1cc(C(O)Cc2cnccc2N)c2ccccc2n1. The predicted molar refractivity (Wildman–Crippen MR) is 83.8 cm³/mol. The van der Waals surface area contributed by atoms with Gasteiger partial charge < -0.3 is 10.8 Å². The molecule has 1 aromatic carbocycles. The molecule has 3 aromatic rings. The molecule has 0 fully saturated rings. The summed E-state index contributed by atoms with van der Waals surface area (Å²) in [4.78, 5) is 8.56. The maximum Gasteiger partial charge on any atom is 0.0838 e. The molecular weight excluding hydrogens is 262 g/mol. The van der Waals surface area contributed by atoms with E-state index in [1.54, 1.807) is 18.5 Å². The van der Waals surface area contributed by atoms with Gasteiger partial charge in [-0.15, -0.1) is 0 Å². The molecule has 2 heterocycles. The fourth-order valence-electron chi connectivity index (χ4n) is 2.54. The molecule has 2 aromatic heterocycles. The minimum Gasteiger partial charge on any atom is -0.398 e. The van der Waals surface area contributed by atoms with Crippen LogP contribution in [0.5, 0.6) is 0 Å². The van der Waals surface area contributed by atoms with E-state index in [-0.39, 0.29) is 0 Å². The van der Waals surface area contributed by atoms with Crippen molar-refractivity contribution >= 4 is 16.6 Å². The van der Waals surface area contributed by atoms with Crippen LogP contribution in [0.2, 0.25) is 0 Å². The molecule has 4 nitrogen and oxygen atoms in total. The number of hydrogen-bond donors (Lipinski definition) is 2. The summed E-state index contributed by atoms with van der Waals surface area (Å²) in [7, 11) is 0. The van der Waals surface area contributed by atoms with E-state index in [0.717, 1.165) is 27.7 Å². The lowest BCUT2D eigenvalue weighted by Gasteiger charge is -2.15. The van der Waals surface area contributed by atoms with Crippen molar-refractivity contribution in [1.82, 2.24) is 9.97 Å². The van der Waals surface area contributed by atoms with Crippen LogP contribution in [0.4, 0.5) is 5.69 Å². The number of benzene rings is 1. The molecule has 4 heteroatoms. The van der Waals surface area contributed by atoms with Crippen molar-refractivity contribution in [3.05, 3.63) is 65.6 Å². The molecule has 0 amide bonds. The number of anilines is 1. The van der Waals surface area contributed by atoms with Gasteiger partial charge in [0.25, 0.3) is 0 Å². The third kappa shape index (κ3) is 2.71. The molecule has 1 unspecified atom stereocenters. The predicted octanol–water partition coefficient (Wildman–Crippen LogP) is 2.80. The highest BCUT2D eigenvalue weighted by Crippen LogP contribution is 2.27. The summed E-state index contributed by atoms with van der Waals surface area (Å²) < 4.78 is 0. The molecule has 0 bridgehead atoms. The van der Waals surface area contributed by atoms with E-state index < -0.39 is 6.10 Å². The quantitative estimate of drug-likeness (QED) is 0.773. The Morgan fingerprint density at radius 1 is 1.24 bits per heavy atom. The molecule has 0 spiro atoms. The van der Waals surface area contributed by atoms with Crippen LogP contribution in [-0.4, -0.2) is 15.1 Å². The molecule has 0 radical (unpaired) electrons. The average Bonchev–Trinajstić information content (AvgIpc) is 2.48. The zero-order valence-electron chi connectivity index (χ0n) is 11.8. The molecule has 0 saturated heterocycles. The number of nitrogens with two attached hydrogens (primary N) is 1. The fraction of sp³-hybridized carbons (Fsp3) is 0.176. The Morgan fingerprint density at radius 3 is 2.86 bits per heavy atom. The first-order valence-corrected chi connectivity index (χ1v) is 6.88. The number of aryl methyl sites for hydroxylation is 1. The number of pyridine rings is 2. The van der Waals surface area contributed by atoms with E-state index in [4.69, 9.17) is 5.73 Å². The lowest BCUT2D eigenvalue weighted by molar-refractivity contribution is 0.180. The summed E-state index contributed by atoms with van der Waals surface area (Å²) in [5.41, 5.74) is 10.1. The van der Waals surface area contributed by atoms with Crippen LogP contribution in [0, 0.1) is 6.92 Å². The van der Waals surface area contributed by atoms with Crippen molar-refractivity contribution in [2.45, 2.75) is 19.4 Å². The second-order valence-electron chi connectivity index (χ2n) is 5.16. The van der Waals surface area contributed by atoms with Crippen molar-refractivity contribution in [2.75, 3.05) is 5.73 Å². The average molecular weight is 279 g/mol. The van der Waals surface area contributed by atoms with Crippen LogP contribution in [0.15, 0.2) is 48.8 Å². The summed E-state index contributed by atoms with van der Waals surface area (Å²) >= 11 is 0. The van der Waals surface area contributed by atoms with Gasteiger partial charge in [-0.25, -0.2) is 0 Å². The van der Waals surface area contributed by atoms with Crippen molar-refractivity contribution < 1.29 is 5.11 Å². The number of aromatic nitrogens is 2. The number of aliphatic hydroxyl groups excluding tert-OH is 1. The number of nitrogens with zero attached hydrogens (tertiary/aromatic N) is 2. The largest absolute Gasteiger partial charge is 0.398 e. The Balaban J connectivity index is 2.02. The number of fused-ring (bicyclic) bond motifs is 1. The smallest absolute Gasteiger partial charge is 0.0838 e. The third-order valence-corrected chi connectivity index (χ3v) is 3.59. The highest BCUT2D eigenvalue weighted by molar-refractivity contribution is 5.82. The minimum absolute atomic E-state index is 0.438. The van der Waals surface area contributed by atoms with Crippen LogP contribution >= 0.6 is 0 Å². The summed E-state index contributed by atoms with van der Waals surface area (Å²) in [6, 6.07) is 11.5. The number of nitrogen functional groups attached to an aromatic ring is 1. The van der Waals surface area contributed by atoms with E-state index in [1.807, 2.05) is 37.3 Å². The van der Waals surface area contributed by atoms with Crippen LogP contribution in [0.3, 0.4) is 0 Å². The third-order valence-electron chi connectivity index (χ3n) is 3.59. The van der Waals surface area contributed by atoms with E-state index in [9.17, 15) is 5.11 Å². The van der Waals surface area contributed by atoms with Crippen LogP contribution in [-0.2, 0) is 6.42 Å². The van der Waals surface area contributed by atoms with Gasteiger partial charge in [-0.3, -0.25) is 9.97 Å². The molecule has 106 valence electrons. The molecule has 3 N–H and O–H groups in total. The highest BCUT2D eigenvalue weighted by atomic mass is 16.3.